The van der Waals surface area contributed by atoms with Crippen LogP contribution >= 0.6 is 39.2 Å². The molecule has 0 heterocycles. The van der Waals surface area contributed by atoms with Gasteiger partial charge in [0.05, 0.1) is 0 Å². The molecule has 2 N–H and O–H groups in total. The number of benzene rings is 1. The van der Waals surface area contributed by atoms with Gasteiger partial charge in [-0.25, -0.2) is 10.7 Å². The lowest BCUT2D eigenvalue weighted by Gasteiger charge is -2.07. The summed E-state index contributed by atoms with van der Waals surface area (Å²) in [6.45, 7) is 0. The second-order valence-corrected chi connectivity index (χ2v) is 6.38. The van der Waals surface area contributed by atoms with Crippen LogP contribution < -0.4 is 4.52 Å². The number of hydrogen-bond donors (Lipinski definition) is 2. The first-order valence-corrected chi connectivity index (χ1v) is 8.14. The van der Waals surface area contributed by atoms with Crippen LogP contribution in [0.1, 0.15) is 0 Å². The number of phosphoric ester groups is 1. The van der Waals surface area contributed by atoms with Gasteiger partial charge in [0.25, 0.3) is 0 Å². The van der Waals surface area contributed by atoms with Crippen molar-refractivity contribution in [2.75, 3.05) is 0 Å². The van der Waals surface area contributed by atoms with Crippen molar-refractivity contribution in [1.82, 2.24) is 0 Å². The van der Waals surface area contributed by atoms with Crippen LogP contribution in [-0.2, 0) is 10.7 Å². The predicted octanol–water partition coefficient (Wildman–Crippen LogP) is 2.18. The quantitative estimate of drug-likeness (QED) is 0.628. The molecule has 1 aromatic carbocycles. The summed E-state index contributed by atoms with van der Waals surface area (Å²) in [5.74, 6) is -0.425. The maximum atomic E-state index is 10.8. The molecule has 9 heteroatoms. The van der Waals surface area contributed by atoms with E-state index >= 15 is 0 Å². The lowest BCUT2D eigenvalue weighted by atomic mass is 10.3. The number of hydrogen-bond acceptors (Lipinski definition) is 4. The minimum absolute atomic E-state index is 0.125. The summed E-state index contributed by atoms with van der Waals surface area (Å²) in [5, 5.41) is 0.125. The van der Waals surface area contributed by atoms with Crippen molar-refractivity contribution in [3.05, 3.63) is 26.8 Å². The molecule has 0 aliphatic heterocycles. The van der Waals surface area contributed by atoms with E-state index < -0.39 is 33.4 Å². The Morgan fingerprint density at radius 1 is 1.33 bits per heavy atom. The molecule has 15 heavy (non-hydrogen) atoms. The molecule has 84 valence electrons. The fourth-order valence-corrected chi connectivity index (χ4v) is 2.72. The van der Waals surface area contributed by atoms with E-state index in [1.165, 1.54) is 6.07 Å². The van der Waals surface area contributed by atoms with E-state index in [0.717, 1.165) is 12.1 Å². The van der Waals surface area contributed by atoms with Gasteiger partial charge >= 0.3 is 27.6 Å². The van der Waals surface area contributed by atoms with Crippen molar-refractivity contribution < 1.29 is 25.0 Å². The normalized spacial score (nSPS) is 11.7. The molecular formula is C6H5ClIO6P. The Kier molecular flexibility index (Phi) is 4.07. The fourth-order valence-electron chi connectivity index (χ4n) is 0.803. The molecule has 1 aromatic rings. The van der Waals surface area contributed by atoms with E-state index in [2.05, 4.69) is 4.52 Å². The fraction of sp³-hybridized carbons (Fsp3) is 0. The van der Waals surface area contributed by atoms with Gasteiger partial charge in [-0.2, -0.15) is 0 Å². The van der Waals surface area contributed by atoms with Crippen molar-refractivity contribution in [2.24, 2.45) is 0 Å². The predicted molar refractivity (Wildman–Crippen MR) is 58.2 cm³/mol. The standard InChI is InChI=1S/C6H5ClIO6P/c7-4-1-2-5(8(9)10)6(3-4)14-15(11,12)13/h1-3H,(H2,11,12,13). The van der Waals surface area contributed by atoms with Crippen LogP contribution in [0.3, 0.4) is 0 Å². The van der Waals surface area contributed by atoms with Crippen LogP contribution in [0.5, 0.6) is 5.75 Å². The lowest BCUT2D eigenvalue weighted by molar-refractivity contribution is 0.282. The second kappa shape index (κ2) is 4.75. The van der Waals surface area contributed by atoms with Crippen molar-refractivity contribution in [3.63, 3.8) is 0 Å². The Morgan fingerprint density at radius 3 is 2.40 bits per heavy atom. The smallest absolute Gasteiger partial charge is 0.403 e. The summed E-state index contributed by atoms with van der Waals surface area (Å²) in [5.41, 5.74) is 0. The highest BCUT2D eigenvalue weighted by molar-refractivity contribution is 14.2. The summed E-state index contributed by atoms with van der Waals surface area (Å²) in [4.78, 5) is 17.1. The second-order valence-electron chi connectivity index (χ2n) is 2.37. The number of halogens is 2. The molecule has 0 aliphatic rings. The molecule has 0 atom stereocenters. The first kappa shape index (κ1) is 12.9. The average molecular weight is 366 g/mol. The van der Waals surface area contributed by atoms with Crippen LogP contribution in [-0.4, -0.2) is 9.79 Å². The number of rotatable bonds is 3. The van der Waals surface area contributed by atoms with E-state index in [0.29, 0.717) is 0 Å². The third-order valence-corrected chi connectivity index (χ3v) is 3.79. The summed E-state index contributed by atoms with van der Waals surface area (Å²) in [7, 11) is -4.79. The monoisotopic (exact) mass is 366 g/mol. The minimum Gasteiger partial charge on any atom is -0.403 e. The molecule has 1 rings (SSSR count). The SMILES string of the molecule is O=I(=O)c1ccc(Cl)cc1OP(=O)(O)O. The molecule has 0 saturated carbocycles. The first-order chi connectivity index (χ1) is 6.79. The van der Waals surface area contributed by atoms with Crippen LogP contribution in [0.15, 0.2) is 18.2 Å². The van der Waals surface area contributed by atoms with Gasteiger partial charge in [0.2, 0.25) is 0 Å². The maximum Gasteiger partial charge on any atom is 0.524 e. The molecular weight excluding hydrogens is 361 g/mol. The Labute approximate surface area is 96.6 Å². The molecule has 0 spiro atoms. The van der Waals surface area contributed by atoms with Gasteiger partial charge < -0.3 is 4.52 Å². The van der Waals surface area contributed by atoms with E-state index in [1.807, 2.05) is 0 Å². The zero-order chi connectivity index (χ0) is 11.6. The van der Waals surface area contributed by atoms with Gasteiger partial charge in [-0.15, -0.1) is 0 Å². The third-order valence-electron chi connectivity index (χ3n) is 1.28. The maximum absolute atomic E-state index is 10.8. The summed E-state index contributed by atoms with van der Waals surface area (Å²) >= 11 is 1.66. The van der Waals surface area contributed by atoms with Crippen molar-refractivity contribution in [2.45, 2.75) is 0 Å². The van der Waals surface area contributed by atoms with Crippen LogP contribution in [0, 0.1) is 3.57 Å². The molecule has 0 unspecified atom stereocenters. The summed E-state index contributed by atoms with van der Waals surface area (Å²) in [6, 6.07) is 3.47. The minimum atomic E-state index is -4.79. The van der Waals surface area contributed by atoms with Gasteiger partial charge in [0, 0.05) is 11.1 Å². The van der Waals surface area contributed by atoms with Crippen LogP contribution in [0.4, 0.5) is 0 Å². The topological polar surface area (TPSA) is 101 Å². The van der Waals surface area contributed by atoms with Gasteiger partial charge in [0.15, 0.2) is 5.75 Å². The molecule has 0 bridgehead atoms. The molecule has 0 radical (unpaired) electrons. The molecule has 0 aliphatic carbocycles. The van der Waals surface area contributed by atoms with Gasteiger partial charge in [-0.1, -0.05) is 11.6 Å². The van der Waals surface area contributed by atoms with E-state index in [4.69, 9.17) is 21.4 Å². The van der Waals surface area contributed by atoms with Gasteiger partial charge in [-0.3, -0.25) is 9.79 Å². The van der Waals surface area contributed by atoms with Crippen molar-refractivity contribution in [1.29, 1.82) is 0 Å². The van der Waals surface area contributed by atoms with Crippen molar-refractivity contribution >= 4 is 39.2 Å². The highest BCUT2D eigenvalue weighted by Crippen LogP contribution is 2.42. The highest BCUT2D eigenvalue weighted by Gasteiger charge is 2.20. The molecule has 0 fully saturated rings. The molecule has 0 aromatic heterocycles. The Bertz CT molecular complexity index is 484. The summed E-state index contributed by atoms with van der Waals surface area (Å²) < 4.78 is 36.0. The Morgan fingerprint density at radius 2 is 1.93 bits per heavy atom. The molecule has 0 amide bonds. The van der Waals surface area contributed by atoms with Gasteiger partial charge in [0.1, 0.15) is 3.57 Å². The van der Waals surface area contributed by atoms with Crippen LogP contribution in [0.2, 0.25) is 5.02 Å². The van der Waals surface area contributed by atoms with Crippen molar-refractivity contribution in [3.8, 4) is 5.75 Å². The lowest BCUT2D eigenvalue weighted by Crippen LogP contribution is -1.92. The Balaban J connectivity index is 3.25. The van der Waals surface area contributed by atoms with Crippen LogP contribution in [0.25, 0.3) is 0 Å². The first-order valence-electron chi connectivity index (χ1n) is 3.39. The summed E-state index contributed by atoms with van der Waals surface area (Å²) in [6.07, 6.45) is 0. The molecule has 6 nitrogen and oxygen atoms in total. The largest absolute Gasteiger partial charge is 0.524 e. The van der Waals surface area contributed by atoms with E-state index in [1.54, 1.807) is 0 Å². The van der Waals surface area contributed by atoms with Gasteiger partial charge in [-0.05, 0) is 12.1 Å². The zero-order valence-electron chi connectivity index (χ0n) is 6.96. The highest BCUT2D eigenvalue weighted by atomic mass is 127. The average Bonchev–Trinajstić information content (AvgIpc) is 1.99. The van der Waals surface area contributed by atoms with E-state index in [9.17, 15) is 10.7 Å². The Hall–Kier alpha value is -0.210. The molecule has 0 saturated heterocycles. The third kappa shape index (κ3) is 4.04. The number of phosphoric acid groups is 1. The van der Waals surface area contributed by atoms with E-state index in [-0.39, 0.29) is 8.59 Å². The zero-order valence-corrected chi connectivity index (χ0v) is 10.8.